The first-order valence-corrected chi connectivity index (χ1v) is 9.02. The second-order valence-electron chi connectivity index (χ2n) is 5.59. The first-order valence-electron chi connectivity index (χ1n) is 7.74. The molecule has 0 aliphatic carbocycles. The van der Waals surface area contributed by atoms with Crippen molar-refractivity contribution in [3.8, 4) is 0 Å². The number of rotatable bonds is 5. The van der Waals surface area contributed by atoms with Crippen molar-refractivity contribution in [2.24, 2.45) is 0 Å². The number of carbonyl (C=O) groups excluding carboxylic acids is 1. The second kappa shape index (κ2) is 7.73. The van der Waals surface area contributed by atoms with Gasteiger partial charge in [-0.1, -0.05) is 30.8 Å². The molecule has 0 bridgehead atoms. The van der Waals surface area contributed by atoms with E-state index in [-0.39, 0.29) is 22.7 Å². The Bertz CT molecular complexity index is 471. The molecule has 2 fully saturated rings. The number of hydrogen-bond acceptors (Lipinski definition) is 4. The lowest BCUT2D eigenvalue weighted by Gasteiger charge is -2.31. The largest absolute Gasteiger partial charge is 0.377 e. The highest BCUT2D eigenvalue weighted by molar-refractivity contribution is 8.06. The van der Waals surface area contributed by atoms with Gasteiger partial charge in [-0.05, 0) is 49.8 Å². The maximum Gasteiger partial charge on any atom is 0.293 e. The van der Waals surface area contributed by atoms with Gasteiger partial charge < -0.3 is 9.47 Å². The Labute approximate surface area is 141 Å². The van der Waals surface area contributed by atoms with Gasteiger partial charge in [0.05, 0.1) is 23.1 Å². The molecule has 2 saturated heterocycles. The molecule has 2 unspecified atom stereocenters. The quantitative estimate of drug-likeness (QED) is 0.652. The molecule has 1 amide bonds. The van der Waals surface area contributed by atoms with Crippen molar-refractivity contribution >= 4 is 35.5 Å². The van der Waals surface area contributed by atoms with Crippen LogP contribution >= 0.6 is 24.6 Å². The van der Waals surface area contributed by atoms with Crippen LogP contribution in [0.1, 0.15) is 25.7 Å². The molecule has 2 heterocycles. The smallest absolute Gasteiger partial charge is 0.293 e. The predicted octanol–water partition coefficient (Wildman–Crippen LogP) is 3.92. The fraction of sp³-hybridized carbons (Fsp3) is 0.562. The summed E-state index contributed by atoms with van der Waals surface area (Å²) in [4.78, 5) is 12.0. The molecule has 22 heavy (non-hydrogen) atoms. The number of hydrogen-bond donors (Lipinski definition) is 1. The first-order chi connectivity index (χ1) is 10.8. The molecule has 2 atom stereocenters. The number of carbonyl (C=O) groups is 1. The zero-order valence-corrected chi connectivity index (χ0v) is 14.1. The zero-order valence-electron chi connectivity index (χ0n) is 12.4. The zero-order chi connectivity index (χ0) is 15.4. The number of thiol groups is 1. The molecular formula is C16H21NO3S2. The van der Waals surface area contributed by atoms with Crippen LogP contribution in [0.4, 0.5) is 10.5 Å². The van der Waals surface area contributed by atoms with Gasteiger partial charge in [-0.2, -0.15) is 0 Å². The lowest BCUT2D eigenvalue weighted by atomic mass is 10.1. The lowest BCUT2D eigenvalue weighted by Crippen LogP contribution is -2.38. The highest BCUT2D eigenvalue weighted by atomic mass is 32.2. The molecule has 1 aromatic carbocycles. The third kappa shape index (κ3) is 3.79. The molecule has 0 saturated carbocycles. The minimum atomic E-state index is -0.266. The van der Waals surface area contributed by atoms with Crippen molar-refractivity contribution in [2.45, 2.75) is 43.1 Å². The van der Waals surface area contributed by atoms with Crippen molar-refractivity contribution in [1.29, 1.82) is 0 Å². The molecule has 0 aromatic heterocycles. The minimum absolute atomic E-state index is 0.126. The predicted molar refractivity (Wildman–Crippen MR) is 92.6 cm³/mol. The molecule has 2 aliphatic heterocycles. The van der Waals surface area contributed by atoms with Gasteiger partial charge in [-0.25, -0.2) is 4.31 Å². The van der Waals surface area contributed by atoms with Crippen molar-refractivity contribution in [1.82, 2.24) is 0 Å². The second-order valence-corrected chi connectivity index (χ2v) is 7.09. The summed E-state index contributed by atoms with van der Waals surface area (Å²) in [6, 6.07) is 9.62. The van der Waals surface area contributed by atoms with Crippen LogP contribution in [-0.2, 0) is 9.47 Å². The molecule has 1 aromatic rings. The van der Waals surface area contributed by atoms with E-state index >= 15 is 0 Å². The SMILES string of the molecule is O=C(S)N(SC(C1CCCO1)C1CCCO1)c1ccccc1. The molecule has 0 radical (unpaired) electrons. The van der Waals surface area contributed by atoms with E-state index in [1.165, 1.54) is 11.9 Å². The van der Waals surface area contributed by atoms with Crippen LogP contribution in [0, 0.1) is 0 Å². The molecule has 0 spiro atoms. The average Bonchev–Trinajstić information content (AvgIpc) is 3.22. The van der Waals surface area contributed by atoms with Gasteiger partial charge in [0.2, 0.25) is 0 Å². The number of ether oxygens (including phenoxy) is 2. The fourth-order valence-electron chi connectivity index (χ4n) is 3.00. The van der Waals surface area contributed by atoms with E-state index in [9.17, 15) is 4.79 Å². The Morgan fingerprint density at radius 1 is 1.14 bits per heavy atom. The normalized spacial score (nSPS) is 26.0. The highest BCUT2D eigenvalue weighted by Crippen LogP contribution is 2.37. The third-order valence-corrected chi connectivity index (χ3v) is 5.83. The number of anilines is 1. The summed E-state index contributed by atoms with van der Waals surface area (Å²) in [7, 11) is 0. The van der Waals surface area contributed by atoms with Crippen LogP contribution in [0.25, 0.3) is 0 Å². The molecule has 4 nitrogen and oxygen atoms in total. The van der Waals surface area contributed by atoms with Crippen molar-refractivity contribution in [3.63, 3.8) is 0 Å². The fourth-order valence-corrected chi connectivity index (χ4v) is 4.53. The number of para-hydroxylation sites is 1. The monoisotopic (exact) mass is 339 g/mol. The van der Waals surface area contributed by atoms with E-state index in [1.807, 2.05) is 30.3 Å². The van der Waals surface area contributed by atoms with Gasteiger partial charge in [-0.3, -0.25) is 4.79 Å². The first kappa shape index (κ1) is 16.2. The van der Waals surface area contributed by atoms with E-state index in [0.717, 1.165) is 44.6 Å². The van der Waals surface area contributed by atoms with E-state index in [2.05, 4.69) is 12.6 Å². The van der Waals surface area contributed by atoms with Gasteiger partial charge in [0.25, 0.3) is 5.24 Å². The Kier molecular flexibility index (Phi) is 5.68. The molecular weight excluding hydrogens is 318 g/mol. The van der Waals surface area contributed by atoms with Crippen LogP contribution in [0.2, 0.25) is 0 Å². The molecule has 120 valence electrons. The van der Waals surface area contributed by atoms with Gasteiger partial charge in [-0.15, -0.1) is 0 Å². The molecule has 6 heteroatoms. The Hall–Kier alpha value is -0.690. The van der Waals surface area contributed by atoms with Crippen LogP contribution < -0.4 is 4.31 Å². The lowest BCUT2D eigenvalue weighted by molar-refractivity contribution is 0.0433. The van der Waals surface area contributed by atoms with Crippen LogP contribution in [-0.4, -0.2) is 35.9 Å². The van der Waals surface area contributed by atoms with Crippen molar-refractivity contribution < 1.29 is 14.3 Å². The van der Waals surface area contributed by atoms with Gasteiger partial charge in [0.1, 0.15) is 0 Å². The standard InChI is InChI=1S/C16H21NO3S2/c18-16(21)17(12-6-2-1-3-7-12)22-15(13-8-4-10-19-13)14-9-5-11-20-14/h1-3,6-7,13-15H,4-5,8-11H2,(H,18,21). The van der Waals surface area contributed by atoms with Gasteiger partial charge in [0, 0.05) is 13.2 Å². The van der Waals surface area contributed by atoms with E-state index in [4.69, 9.17) is 9.47 Å². The summed E-state index contributed by atoms with van der Waals surface area (Å²) < 4.78 is 13.4. The summed E-state index contributed by atoms with van der Waals surface area (Å²) in [5.74, 6) is 0. The van der Waals surface area contributed by atoms with Crippen molar-refractivity contribution in [3.05, 3.63) is 30.3 Å². The third-order valence-electron chi connectivity index (χ3n) is 4.05. The summed E-state index contributed by atoms with van der Waals surface area (Å²) in [6.07, 6.45) is 4.50. The Balaban J connectivity index is 1.78. The molecule has 3 rings (SSSR count). The van der Waals surface area contributed by atoms with Gasteiger partial charge >= 0.3 is 0 Å². The molecule has 0 N–H and O–H groups in total. The minimum Gasteiger partial charge on any atom is -0.377 e. The number of amides is 1. The Morgan fingerprint density at radius 3 is 2.18 bits per heavy atom. The summed E-state index contributed by atoms with van der Waals surface area (Å²) in [5, 5.41) is -0.140. The number of benzene rings is 1. The summed E-state index contributed by atoms with van der Waals surface area (Å²) >= 11 is 5.55. The van der Waals surface area contributed by atoms with Gasteiger partial charge in [0.15, 0.2) is 0 Å². The van der Waals surface area contributed by atoms with E-state index < -0.39 is 0 Å². The number of nitrogens with zero attached hydrogens (tertiary/aromatic N) is 1. The van der Waals surface area contributed by atoms with E-state index in [0.29, 0.717) is 0 Å². The van der Waals surface area contributed by atoms with Crippen LogP contribution in [0.3, 0.4) is 0 Å². The van der Waals surface area contributed by atoms with Crippen molar-refractivity contribution in [2.75, 3.05) is 17.5 Å². The summed E-state index contributed by atoms with van der Waals surface area (Å²) in [6.45, 7) is 1.60. The average molecular weight is 339 g/mol. The molecule has 2 aliphatic rings. The van der Waals surface area contributed by atoms with E-state index in [1.54, 1.807) is 4.31 Å². The topological polar surface area (TPSA) is 38.8 Å². The summed E-state index contributed by atoms with van der Waals surface area (Å²) in [5.41, 5.74) is 0.841. The van der Waals surface area contributed by atoms with Crippen LogP contribution in [0.5, 0.6) is 0 Å². The maximum absolute atomic E-state index is 12.0. The van der Waals surface area contributed by atoms with Crippen LogP contribution in [0.15, 0.2) is 30.3 Å². The maximum atomic E-state index is 12.0. The highest BCUT2D eigenvalue weighted by Gasteiger charge is 2.38. The Morgan fingerprint density at radius 2 is 1.73 bits per heavy atom.